The molecule has 0 bridgehead atoms. The van der Waals surface area contributed by atoms with Gasteiger partial charge in [-0.25, -0.2) is 0 Å². The lowest BCUT2D eigenvalue weighted by Gasteiger charge is -2.33. The first kappa shape index (κ1) is 17.2. The van der Waals surface area contributed by atoms with Crippen molar-refractivity contribution in [1.82, 2.24) is 24.9 Å². The van der Waals surface area contributed by atoms with Crippen molar-refractivity contribution in [2.75, 3.05) is 13.2 Å². The monoisotopic (exact) mass is 359 g/mol. The third-order valence-electron chi connectivity index (χ3n) is 5.13. The Kier molecular flexibility index (Phi) is 4.76. The second-order valence-electron chi connectivity index (χ2n) is 6.98. The molecule has 2 aromatic rings. The second-order valence-corrected chi connectivity index (χ2v) is 6.98. The molecule has 1 amide bonds. The van der Waals surface area contributed by atoms with Gasteiger partial charge in [0.15, 0.2) is 0 Å². The molecule has 0 saturated carbocycles. The highest BCUT2D eigenvalue weighted by Gasteiger charge is 2.35. The molecule has 0 aromatic carbocycles. The number of aryl methyl sites for hydroxylation is 2. The van der Waals surface area contributed by atoms with Crippen molar-refractivity contribution in [2.24, 2.45) is 0 Å². The van der Waals surface area contributed by atoms with Gasteiger partial charge in [0.05, 0.1) is 5.69 Å². The van der Waals surface area contributed by atoms with Crippen LogP contribution in [0.25, 0.3) is 0 Å². The van der Waals surface area contributed by atoms with Crippen LogP contribution in [0.3, 0.4) is 0 Å². The molecule has 1 unspecified atom stereocenters. The van der Waals surface area contributed by atoms with Crippen LogP contribution >= 0.6 is 0 Å². The molecule has 2 aliphatic heterocycles. The number of carbonyl (C=O) groups is 1. The summed E-state index contributed by atoms with van der Waals surface area (Å²) in [6.45, 7) is 5.98. The first-order valence-corrected chi connectivity index (χ1v) is 9.47. The number of aromatic nitrogens is 4. The fourth-order valence-electron chi connectivity index (χ4n) is 3.82. The first-order chi connectivity index (χ1) is 12.7. The van der Waals surface area contributed by atoms with E-state index < -0.39 is 0 Å². The van der Waals surface area contributed by atoms with E-state index in [1.807, 2.05) is 24.8 Å². The zero-order valence-electron chi connectivity index (χ0n) is 15.3. The minimum Gasteiger partial charge on any atom is -0.420 e. The predicted molar refractivity (Wildman–Crippen MR) is 92.5 cm³/mol. The van der Waals surface area contributed by atoms with Gasteiger partial charge in [0.1, 0.15) is 17.8 Å². The van der Waals surface area contributed by atoms with E-state index in [0.29, 0.717) is 30.6 Å². The van der Waals surface area contributed by atoms with Crippen LogP contribution in [0.1, 0.15) is 79.1 Å². The SMILES string of the molecule is CCn1nc(C)cc1C(=O)N1CCCCC1c1nnc([C@H]2CCCO2)o1. The molecule has 0 N–H and O–H groups in total. The smallest absolute Gasteiger partial charge is 0.272 e. The zero-order chi connectivity index (χ0) is 18.1. The topological polar surface area (TPSA) is 86.3 Å². The molecule has 8 nitrogen and oxygen atoms in total. The molecule has 0 aliphatic carbocycles. The number of amides is 1. The Labute approximate surface area is 152 Å². The van der Waals surface area contributed by atoms with Crippen LogP contribution in [0.2, 0.25) is 0 Å². The third-order valence-corrected chi connectivity index (χ3v) is 5.13. The van der Waals surface area contributed by atoms with Crippen molar-refractivity contribution < 1.29 is 13.9 Å². The van der Waals surface area contributed by atoms with Crippen LogP contribution in [0.4, 0.5) is 0 Å². The third kappa shape index (κ3) is 3.13. The van der Waals surface area contributed by atoms with E-state index in [2.05, 4.69) is 15.3 Å². The number of hydrogen-bond acceptors (Lipinski definition) is 6. The lowest BCUT2D eigenvalue weighted by Crippen LogP contribution is -2.39. The van der Waals surface area contributed by atoms with Crippen molar-refractivity contribution in [3.8, 4) is 0 Å². The molecular formula is C18H25N5O3. The van der Waals surface area contributed by atoms with Crippen LogP contribution in [0.15, 0.2) is 10.5 Å². The summed E-state index contributed by atoms with van der Waals surface area (Å²) in [5.74, 6) is 1.03. The summed E-state index contributed by atoms with van der Waals surface area (Å²) in [7, 11) is 0. The van der Waals surface area contributed by atoms with Crippen LogP contribution in [0.5, 0.6) is 0 Å². The summed E-state index contributed by atoms with van der Waals surface area (Å²) < 4.78 is 13.3. The van der Waals surface area contributed by atoms with Gasteiger partial charge in [0, 0.05) is 19.7 Å². The summed E-state index contributed by atoms with van der Waals surface area (Å²) in [6.07, 6.45) is 4.67. The Morgan fingerprint density at radius 3 is 2.85 bits per heavy atom. The lowest BCUT2D eigenvalue weighted by atomic mass is 10.0. The highest BCUT2D eigenvalue weighted by molar-refractivity contribution is 5.93. The molecule has 4 rings (SSSR count). The predicted octanol–water partition coefficient (Wildman–Crippen LogP) is 2.81. The van der Waals surface area contributed by atoms with Crippen LogP contribution in [-0.4, -0.2) is 43.9 Å². The molecule has 26 heavy (non-hydrogen) atoms. The number of piperidine rings is 1. The van der Waals surface area contributed by atoms with E-state index in [4.69, 9.17) is 9.15 Å². The van der Waals surface area contributed by atoms with Crippen molar-refractivity contribution in [3.63, 3.8) is 0 Å². The number of carbonyl (C=O) groups excluding carboxylic acids is 1. The average molecular weight is 359 g/mol. The minimum atomic E-state index is -0.181. The fraction of sp³-hybridized carbons (Fsp3) is 0.667. The standard InChI is InChI=1S/C18H25N5O3/c1-3-23-14(11-12(2)21-23)18(24)22-9-5-4-7-13(22)16-19-20-17(26-16)15-8-6-10-25-15/h11,13,15H,3-10H2,1-2H3/t13?,15-/m1/s1. The van der Waals surface area contributed by atoms with Gasteiger partial charge in [-0.05, 0) is 52.0 Å². The highest BCUT2D eigenvalue weighted by atomic mass is 16.5. The molecule has 0 spiro atoms. The molecule has 8 heteroatoms. The quantitative estimate of drug-likeness (QED) is 0.834. The van der Waals surface area contributed by atoms with Gasteiger partial charge in [0.2, 0.25) is 11.8 Å². The van der Waals surface area contributed by atoms with E-state index in [-0.39, 0.29) is 18.1 Å². The zero-order valence-corrected chi connectivity index (χ0v) is 15.3. The van der Waals surface area contributed by atoms with Gasteiger partial charge in [0.25, 0.3) is 5.91 Å². The molecule has 2 saturated heterocycles. The van der Waals surface area contributed by atoms with E-state index >= 15 is 0 Å². The molecule has 140 valence electrons. The maximum atomic E-state index is 13.2. The molecule has 2 aromatic heterocycles. The summed E-state index contributed by atoms with van der Waals surface area (Å²) in [5.41, 5.74) is 1.47. The Bertz CT molecular complexity index is 778. The van der Waals surface area contributed by atoms with Crippen molar-refractivity contribution in [1.29, 1.82) is 0 Å². The van der Waals surface area contributed by atoms with Crippen LogP contribution in [0, 0.1) is 6.92 Å². The Balaban J connectivity index is 1.59. The van der Waals surface area contributed by atoms with Gasteiger partial charge in [-0.15, -0.1) is 10.2 Å². The molecule has 2 aliphatic rings. The molecule has 2 atom stereocenters. The number of rotatable bonds is 4. The first-order valence-electron chi connectivity index (χ1n) is 9.47. The maximum Gasteiger partial charge on any atom is 0.272 e. The summed E-state index contributed by atoms with van der Waals surface area (Å²) in [5, 5.41) is 12.8. The van der Waals surface area contributed by atoms with Gasteiger partial charge in [-0.2, -0.15) is 5.10 Å². The summed E-state index contributed by atoms with van der Waals surface area (Å²) in [6, 6.07) is 1.67. The number of ether oxygens (including phenoxy) is 1. The van der Waals surface area contributed by atoms with Gasteiger partial charge >= 0.3 is 0 Å². The number of hydrogen-bond donors (Lipinski definition) is 0. The molecule has 2 fully saturated rings. The van der Waals surface area contributed by atoms with Crippen molar-refractivity contribution in [2.45, 2.75) is 64.6 Å². The van der Waals surface area contributed by atoms with Gasteiger partial charge in [-0.3, -0.25) is 9.48 Å². The Hall–Kier alpha value is -2.22. The minimum absolute atomic E-state index is 0.0194. The van der Waals surface area contributed by atoms with Crippen molar-refractivity contribution in [3.05, 3.63) is 29.2 Å². The molecular weight excluding hydrogens is 334 g/mol. The van der Waals surface area contributed by atoms with Crippen LogP contribution < -0.4 is 0 Å². The summed E-state index contributed by atoms with van der Waals surface area (Å²) in [4.78, 5) is 15.1. The fourth-order valence-corrected chi connectivity index (χ4v) is 3.82. The van der Waals surface area contributed by atoms with E-state index in [9.17, 15) is 4.79 Å². The van der Waals surface area contributed by atoms with Crippen molar-refractivity contribution >= 4 is 5.91 Å². The van der Waals surface area contributed by atoms with E-state index in [0.717, 1.165) is 44.4 Å². The normalized spacial score (nSPS) is 23.5. The second kappa shape index (κ2) is 7.19. The van der Waals surface area contributed by atoms with Gasteiger partial charge < -0.3 is 14.1 Å². The molecule has 4 heterocycles. The largest absolute Gasteiger partial charge is 0.420 e. The molecule has 0 radical (unpaired) electrons. The Morgan fingerprint density at radius 1 is 1.23 bits per heavy atom. The van der Waals surface area contributed by atoms with E-state index in [1.165, 1.54) is 0 Å². The van der Waals surface area contributed by atoms with E-state index in [1.54, 1.807) is 4.68 Å². The Morgan fingerprint density at radius 2 is 2.08 bits per heavy atom. The van der Waals surface area contributed by atoms with Gasteiger partial charge in [-0.1, -0.05) is 0 Å². The number of nitrogens with zero attached hydrogens (tertiary/aromatic N) is 5. The van der Waals surface area contributed by atoms with Crippen LogP contribution in [-0.2, 0) is 11.3 Å². The number of likely N-dealkylation sites (tertiary alicyclic amines) is 1. The lowest BCUT2D eigenvalue weighted by molar-refractivity contribution is 0.0538. The maximum absolute atomic E-state index is 13.2. The highest BCUT2D eigenvalue weighted by Crippen LogP contribution is 2.34. The summed E-state index contributed by atoms with van der Waals surface area (Å²) >= 11 is 0. The average Bonchev–Trinajstić information content (AvgIpc) is 3.40.